The molecule has 46 heavy (non-hydrogen) atoms. The molecular weight excluding hydrogens is 632 g/mol. The fraction of sp³-hybridized carbons (Fsp3) is 1.00. The molecule has 0 amide bonds. The maximum absolute atomic E-state index is 11.2. The highest BCUT2D eigenvalue weighted by Crippen LogP contribution is 2.36. The van der Waals surface area contributed by atoms with Gasteiger partial charge in [-0.2, -0.15) is 0 Å². The SMILES string of the molecule is CCC1C(O)C(OC2OC(CO)C(O)C(O)C2O)OC(OC2C(O)C(CO)OC(OC3C(O)C(CO)OC(OC)C3O)C2O)C1O. The minimum absolute atomic E-state index is 0.107. The number of rotatable bonds is 11. The molecule has 4 aliphatic rings. The number of aliphatic hydroxyl groups excluding tert-OH is 12. The van der Waals surface area contributed by atoms with E-state index in [9.17, 15) is 61.3 Å². The fourth-order valence-corrected chi connectivity index (χ4v) is 5.96. The van der Waals surface area contributed by atoms with Gasteiger partial charge in [0.15, 0.2) is 31.5 Å². The van der Waals surface area contributed by atoms with Crippen molar-refractivity contribution in [3.05, 3.63) is 0 Å². The zero-order valence-corrected chi connectivity index (χ0v) is 25.0. The van der Waals surface area contributed by atoms with Gasteiger partial charge in [-0.1, -0.05) is 6.92 Å². The lowest BCUT2D eigenvalue weighted by molar-refractivity contribution is -0.413. The monoisotopic (exact) mass is 678 g/mol. The van der Waals surface area contributed by atoms with Crippen molar-refractivity contribution in [1.29, 1.82) is 0 Å². The molecule has 0 saturated carbocycles. The lowest BCUT2D eigenvalue weighted by Gasteiger charge is -2.49. The number of methoxy groups -OCH3 is 1. The summed E-state index contributed by atoms with van der Waals surface area (Å²) >= 11 is 0. The first kappa shape index (κ1) is 38.0. The van der Waals surface area contributed by atoms with E-state index in [1.165, 1.54) is 7.11 Å². The van der Waals surface area contributed by atoms with E-state index < -0.39 is 143 Å². The Morgan fingerprint density at radius 3 is 1.28 bits per heavy atom. The van der Waals surface area contributed by atoms with Crippen molar-refractivity contribution in [2.75, 3.05) is 26.9 Å². The van der Waals surface area contributed by atoms with Crippen molar-refractivity contribution >= 4 is 0 Å². The van der Waals surface area contributed by atoms with Crippen molar-refractivity contribution in [3.8, 4) is 0 Å². The maximum atomic E-state index is 11.2. The highest BCUT2D eigenvalue weighted by atomic mass is 16.8. The van der Waals surface area contributed by atoms with E-state index in [0.717, 1.165) is 0 Å². The molecule has 20 unspecified atom stereocenters. The smallest absolute Gasteiger partial charge is 0.190 e. The van der Waals surface area contributed by atoms with Gasteiger partial charge in [-0.3, -0.25) is 0 Å². The summed E-state index contributed by atoms with van der Waals surface area (Å²) in [6.07, 6.45) is -31.3. The first-order valence-corrected chi connectivity index (χ1v) is 14.9. The second-order valence-electron chi connectivity index (χ2n) is 11.6. The van der Waals surface area contributed by atoms with Crippen LogP contribution in [-0.2, 0) is 37.9 Å². The Balaban J connectivity index is 1.53. The van der Waals surface area contributed by atoms with E-state index in [2.05, 4.69) is 0 Å². The van der Waals surface area contributed by atoms with Crippen molar-refractivity contribution in [2.24, 2.45) is 5.92 Å². The zero-order chi connectivity index (χ0) is 34.0. The van der Waals surface area contributed by atoms with Crippen LogP contribution in [0.3, 0.4) is 0 Å². The molecule has 0 bridgehead atoms. The number of hydrogen-bond acceptors (Lipinski definition) is 20. The van der Waals surface area contributed by atoms with E-state index in [1.54, 1.807) is 6.92 Å². The van der Waals surface area contributed by atoms with E-state index in [4.69, 9.17) is 37.9 Å². The van der Waals surface area contributed by atoms with Crippen molar-refractivity contribution in [3.63, 3.8) is 0 Å². The summed E-state index contributed by atoms with van der Waals surface area (Å²) in [5.41, 5.74) is 0. The van der Waals surface area contributed by atoms with Crippen molar-refractivity contribution < 1.29 is 99.2 Å². The molecule has 20 nitrogen and oxygen atoms in total. The highest BCUT2D eigenvalue weighted by Gasteiger charge is 2.55. The average Bonchev–Trinajstić information content (AvgIpc) is 3.04. The van der Waals surface area contributed by atoms with E-state index in [1.807, 2.05) is 0 Å². The summed E-state index contributed by atoms with van der Waals surface area (Å²) < 4.78 is 43.7. The van der Waals surface area contributed by atoms with Gasteiger partial charge in [-0.25, -0.2) is 0 Å². The topological polar surface area (TPSA) is 317 Å². The van der Waals surface area contributed by atoms with Crippen molar-refractivity contribution in [1.82, 2.24) is 0 Å². The predicted molar refractivity (Wildman–Crippen MR) is 142 cm³/mol. The molecule has 20 heteroatoms. The fourth-order valence-electron chi connectivity index (χ4n) is 5.96. The van der Waals surface area contributed by atoms with Crippen LogP contribution >= 0.6 is 0 Å². The third-order valence-electron chi connectivity index (χ3n) is 8.75. The second-order valence-corrected chi connectivity index (χ2v) is 11.6. The Morgan fingerprint density at radius 1 is 0.435 bits per heavy atom. The van der Waals surface area contributed by atoms with E-state index >= 15 is 0 Å². The van der Waals surface area contributed by atoms with Crippen molar-refractivity contribution in [2.45, 2.75) is 130 Å². The Labute approximate surface area is 262 Å². The van der Waals surface area contributed by atoms with Crippen LogP contribution in [0.1, 0.15) is 13.3 Å². The summed E-state index contributed by atoms with van der Waals surface area (Å²) in [5.74, 6) is -1.03. The summed E-state index contributed by atoms with van der Waals surface area (Å²) in [6.45, 7) is -0.686. The highest BCUT2D eigenvalue weighted by molar-refractivity contribution is 4.96. The van der Waals surface area contributed by atoms with Gasteiger partial charge in [0.1, 0.15) is 85.5 Å². The molecule has 0 radical (unpaired) electrons. The largest absolute Gasteiger partial charge is 0.394 e. The molecule has 4 rings (SSSR count). The molecule has 0 aliphatic carbocycles. The first-order chi connectivity index (χ1) is 21.8. The third-order valence-corrected chi connectivity index (χ3v) is 8.75. The van der Waals surface area contributed by atoms with Crippen LogP contribution in [0.5, 0.6) is 0 Å². The Morgan fingerprint density at radius 2 is 0.826 bits per heavy atom. The minimum atomic E-state index is -1.94. The summed E-state index contributed by atoms with van der Waals surface area (Å²) in [6, 6.07) is 0. The van der Waals surface area contributed by atoms with Crippen LogP contribution in [0, 0.1) is 5.92 Å². The number of hydrogen-bond donors (Lipinski definition) is 12. The predicted octanol–water partition coefficient (Wildman–Crippen LogP) is -7.47. The number of aliphatic hydroxyl groups is 12. The van der Waals surface area contributed by atoms with Gasteiger partial charge in [0.2, 0.25) is 0 Å². The van der Waals surface area contributed by atoms with Gasteiger partial charge in [-0.15, -0.1) is 0 Å². The van der Waals surface area contributed by atoms with Crippen LogP contribution in [0.15, 0.2) is 0 Å². The van der Waals surface area contributed by atoms with Gasteiger partial charge >= 0.3 is 0 Å². The Hall–Kier alpha value is -0.800. The third kappa shape index (κ3) is 7.51. The Bertz CT molecular complexity index is 916. The van der Waals surface area contributed by atoms with Gasteiger partial charge in [0.05, 0.1) is 19.8 Å². The standard InChI is InChI=1S/C26H46O20/c1-3-7-11(30)23(45-24(12(7)31)46-25-17(36)16(35)13(32)8(4-27)41-25)43-21-15(34)10(6-29)42-26(19(21)38)44-20-14(33)9(5-28)40-22(39-2)18(20)37/h7-38H,3-6H2,1-2H3. The molecule has 20 atom stereocenters. The molecule has 0 aromatic rings. The van der Waals surface area contributed by atoms with Crippen LogP contribution in [0.4, 0.5) is 0 Å². The van der Waals surface area contributed by atoms with E-state index in [0.29, 0.717) is 0 Å². The molecule has 12 N–H and O–H groups in total. The quantitative estimate of drug-likeness (QED) is 0.0965. The van der Waals surface area contributed by atoms with Crippen LogP contribution in [0.25, 0.3) is 0 Å². The lowest BCUT2D eigenvalue weighted by Crippen LogP contribution is -2.66. The second kappa shape index (κ2) is 16.3. The molecule has 4 saturated heterocycles. The molecule has 4 fully saturated rings. The van der Waals surface area contributed by atoms with Crippen LogP contribution in [-0.4, -0.2) is 205 Å². The van der Waals surface area contributed by atoms with Gasteiger partial charge in [0.25, 0.3) is 0 Å². The van der Waals surface area contributed by atoms with Gasteiger partial charge in [0, 0.05) is 13.0 Å². The average molecular weight is 679 g/mol. The summed E-state index contributed by atoms with van der Waals surface area (Å²) in [5, 5.41) is 125. The van der Waals surface area contributed by atoms with Crippen LogP contribution in [0.2, 0.25) is 0 Å². The molecule has 0 aromatic carbocycles. The van der Waals surface area contributed by atoms with Crippen LogP contribution < -0.4 is 0 Å². The Kier molecular flexibility index (Phi) is 13.4. The zero-order valence-electron chi connectivity index (χ0n) is 25.0. The molecular formula is C26H46O20. The molecule has 270 valence electrons. The summed E-state index contributed by atoms with van der Waals surface area (Å²) in [4.78, 5) is 0. The minimum Gasteiger partial charge on any atom is -0.394 e. The van der Waals surface area contributed by atoms with E-state index in [-0.39, 0.29) is 6.42 Å². The van der Waals surface area contributed by atoms with Gasteiger partial charge in [-0.05, 0) is 6.42 Å². The van der Waals surface area contributed by atoms with Gasteiger partial charge < -0.3 is 99.2 Å². The summed E-state index contributed by atoms with van der Waals surface area (Å²) in [7, 11) is 1.19. The molecule has 4 heterocycles. The molecule has 0 aromatic heterocycles. The molecule has 4 aliphatic heterocycles. The first-order valence-electron chi connectivity index (χ1n) is 14.9. The number of ether oxygens (including phenoxy) is 8. The normalized spacial score (nSPS) is 52.0. The maximum Gasteiger partial charge on any atom is 0.190 e. The lowest BCUT2D eigenvalue weighted by atomic mass is 9.89. The molecule has 0 spiro atoms.